The third kappa shape index (κ3) is 10.5. The molecular formula is C17H28O6. The lowest BCUT2D eigenvalue weighted by atomic mass is 10.1. The van der Waals surface area contributed by atoms with E-state index in [0.29, 0.717) is 0 Å². The quantitative estimate of drug-likeness (QED) is 0.260. The number of hydrogen-bond donors (Lipinski definition) is 0. The zero-order valence-corrected chi connectivity index (χ0v) is 15.5. The van der Waals surface area contributed by atoms with Gasteiger partial charge in [-0.05, 0) is 62.3 Å². The summed E-state index contributed by atoms with van der Waals surface area (Å²) in [6, 6.07) is 0. The summed E-state index contributed by atoms with van der Waals surface area (Å²) >= 11 is 0. The summed E-state index contributed by atoms with van der Waals surface area (Å²) < 4.78 is 15.4. The van der Waals surface area contributed by atoms with Crippen molar-refractivity contribution in [1.82, 2.24) is 0 Å². The topological polar surface area (TPSA) is 78.9 Å². The Balaban J connectivity index is 5.50. The van der Waals surface area contributed by atoms with Crippen LogP contribution in [0.1, 0.15) is 62.3 Å². The van der Waals surface area contributed by atoms with Crippen LogP contribution in [0.3, 0.4) is 0 Å². The Bertz CT molecular complexity index is 465. The van der Waals surface area contributed by atoms with Gasteiger partial charge >= 0.3 is 17.9 Å². The van der Waals surface area contributed by atoms with E-state index in [0.717, 1.165) is 6.08 Å². The molecule has 0 unspecified atom stereocenters. The minimum absolute atomic E-state index is 0.496. The predicted molar refractivity (Wildman–Crippen MR) is 85.6 cm³/mol. The molecule has 23 heavy (non-hydrogen) atoms. The monoisotopic (exact) mass is 328 g/mol. The number of carbonyl (C=O) groups excluding carboxylic acids is 3. The smallest absolute Gasteiger partial charge is 0.346 e. The molecule has 0 heterocycles. The van der Waals surface area contributed by atoms with Crippen molar-refractivity contribution in [2.45, 2.75) is 79.1 Å². The minimum atomic E-state index is -0.933. The SMILES string of the molecule is CC(C)(C)OC(=O)C=C(C(=O)OC(C)(C)C)C(=O)OC(C)(C)C. The fourth-order valence-corrected chi connectivity index (χ4v) is 1.32. The van der Waals surface area contributed by atoms with Crippen molar-refractivity contribution in [2.75, 3.05) is 0 Å². The highest BCUT2D eigenvalue weighted by Gasteiger charge is 2.30. The van der Waals surface area contributed by atoms with Gasteiger partial charge in [0.05, 0.1) is 0 Å². The van der Waals surface area contributed by atoms with Gasteiger partial charge in [-0.1, -0.05) is 0 Å². The molecule has 6 nitrogen and oxygen atoms in total. The van der Waals surface area contributed by atoms with E-state index in [9.17, 15) is 14.4 Å². The Hall–Kier alpha value is -1.85. The molecule has 0 atom stereocenters. The first kappa shape index (κ1) is 21.1. The molecule has 0 aromatic heterocycles. The van der Waals surface area contributed by atoms with E-state index in [1.54, 1.807) is 62.3 Å². The van der Waals surface area contributed by atoms with Crippen molar-refractivity contribution < 1.29 is 28.6 Å². The van der Waals surface area contributed by atoms with Crippen LogP contribution in [0.25, 0.3) is 0 Å². The highest BCUT2D eigenvalue weighted by molar-refractivity contribution is 6.17. The minimum Gasteiger partial charge on any atom is -0.457 e. The van der Waals surface area contributed by atoms with Crippen LogP contribution in [0.5, 0.6) is 0 Å². The van der Waals surface area contributed by atoms with E-state index in [1.807, 2.05) is 0 Å². The van der Waals surface area contributed by atoms with Crippen molar-refractivity contribution >= 4 is 17.9 Å². The van der Waals surface area contributed by atoms with Gasteiger partial charge < -0.3 is 14.2 Å². The van der Waals surface area contributed by atoms with Gasteiger partial charge in [0.15, 0.2) is 5.57 Å². The molecule has 0 aliphatic rings. The highest BCUT2D eigenvalue weighted by Crippen LogP contribution is 2.17. The van der Waals surface area contributed by atoms with Crippen LogP contribution in [0.15, 0.2) is 11.6 Å². The van der Waals surface area contributed by atoms with Crippen molar-refractivity contribution in [3.8, 4) is 0 Å². The van der Waals surface area contributed by atoms with Crippen LogP contribution in [0.2, 0.25) is 0 Å². The van der Waals surface area contributed by atoms with E-state index >= 15 is 0 Å². The van der Waals surface area contributed by atoms with E-state index in [2.05, 4.69) is 0 Å². The summed E-state index contributed by atoms with van der Waals surface area (Å²) in [6.45, 7) is 15.0. The van der Waals surface area contributed by atoms with Gasteiger partial charge in [0.25, 0.3) is 0 Å². The summed E-state index contributed by atoms with van der Waals surface area (Å²) in [7, 11) is 0. The molecule has 0 saturated heterocycles. The second-order valence-electron chi connectivity index (χ2n) is 8.10. The van der Waals surface area contributed by atoms with Crippen LogP contribution in [-0.2, 0) is 28.6 Å². The van der Waals surface area contributed by atoms with Crippen molar-refractivity contribution in [3.05, 3.63) is 11.6 Å². The third-order valence-corrected chi connectivity index (χ3v) is 1.91. The number of rotatable bonds is 3. The Kier molecular flexibility index (Phi) is 6.57. The second kappa shape index (κ2) is 7.15. The third-order valence-electron chi connectivity index (χ3n) is 1.91. The summed E-state index contributed by atoms with van der Waals surface area (Å²) in [5, 5.41) is 0. The standard InChI is InChI=1S/C17H28O6/c1-15(2,3)21-12(18)10-11(13(19)22-16(4,5)6)14(20)23-17(7,8)9/h10H,1-9H3. The Morgan fingerprint density at radius 1 is 0.609 bits per heavy atom. The molecule has 0 rings (SSSR count). The fraction of sp³-hybridized carbons (Fsp3) is 0.706. The second-order valence-corrected chi connectivity index (χ2v) is 8.10. The van der Waals surface area contributed by atoms with Gasteiger partial charge in [-0.2, -0.15) is 0 Å². The lowest BCUT2D eigenvalue weighted by molar-refractivity contribution is -0.160. The van der Waals surface area contributed by atoms with E-state index in [1.165, 1.54) is 0 Å². The summed E-state index contributed by atoms with van der Waals surface area (Å²) in [6.07, 6.45) is 0.813. The molecule has 0 aliphatic carbocycles. The highest BCUT2D eigenvalue weighted by atomic mass is 16.6. The van der Waals surface area contributed by atoms with Gasteiger partial charge in [0.1, 0.15) is 16.8 Å². The maximum absolute atomic E-state index is 12.2. The lowest BCUT2D eigenvalue weighted by Gasteiger charge is -2.23. The molecule has 0 saturated carbocycles. The van der Waals surface area contributed by atoms with Gasteiger partial charge in [-0.15, -0.1) is 0 Å². The number of hydrogen-bond acceptors (Lipinski definition) is 6. The first-order valence-corrected chi connectivity index (χ1v) is 7.41. The molecule has 0 fully saturated rings. The van der Waals surface area contributed by atoms with Gasteiger partial charge in [-0.25, -0.2) is 14.4 Å². The van der Waals surface area contributed by atoms with E-state index in [-0.39, 0.29) is 0 Å². The molecule has 6 heteroatoms. The van der Waals surface area contributed by atoms with Crippen molar-refractivity contribution in [2.24, 2.45) is 0 Å². The molecule has 132 valence electrons. The summed E-state index contributed by atoms with van der Waals surface area (Å²) in [4.78, 5) is 36.3. The Labute approximate surface area is 138 Å². The normalized spacial score (nSPS) is 12.2. The van der Waals surface area contributed by atoms with Crippen LogP contribution >= 0.6 is 0 Å². The first-order chi connectivity index (χ1) is 10.0. The molecule has 0 amide bonds. The largest absolute Gasteiger partial charge is 0.457 e. The lowest BCUT2D eigenvalue weighted by Crippen LogP contribution is -2.32. The van der Waals surface area contributed by atoms with E-state index in [4.69, 9.17) is 14.2 Å². The zero-order chi connectivity index (χ0) is 18.6. The molecule has 0 N–H and O–H groups in total. The maximum Gasteiger partial charge on any atom is 0.346 e. The number of esters is 3. The van der Waals surface area contributed by atoms with Crippen molar-refractivity contribution in [1.29, 1.82) is 0 Å². The molecule has 0 bridgehead atoms. The number of ether oxygens (including phenoxy) is 3. The maximum atomic E-state index is 12.2. The van der Waals surface area contributed by atoms with Gasteiger partial charge in [0, 0.05) is 6.08 Å². The van der Waals surface area contributed by atoms with Gasteiger partial charge in [0.2, 0.25) is 0 Å². The van der Waals surface area contributed by atoms with Crippen LogP contribution in [-0.4, -0.2) is 34.7 Å². The van der Waals surface area contributed by atoms with Crippen LogP contribution < -0.4 is 0 Å². The Morgan fingerprint density at radius 2 is 0.913 bits per heavy atom. The average molecular weight is 328 g/mol. The fourth-order valence-electron chi connectivity index (χ4n) is 1.32. The molecule has 0 spiro atoms. The summed E-state index contributed by atoms with van der Waals surface area (Å²) in [5.41, 5.74) is -2.87. The van der Waals surface area contributed by atoms with E-state index < -0.39 is 40.3 Å². The molecule has 0 aliphatic heterocycles. The Morgan fingerprint density at radius 3 is 1.17 bits per heavy atom. The predicted octanol–water partition coefficient (Wildman–Crippen LogP) is 2.94. The molecular weight excluding hydrogens is 300 g/mol. The zero-order valence-electron chi connectivity index (χ0n) is 15.5. The average Bonchev–Trinajstić information content (AvgIpc) is 2.17. The van der Waals surface area contributed by atoms with Crippen LogP contribution in [0.4, 0.5) is 0 Å². The number of carbonyl (C=O) groups is 3. The molecule has 0 aromatic carbocycles. The van der Waals surface area contributed by atoms with Crippen molar-refractivity contribution in [3.63, 3.8) is 0 Å². The molecule has 0 radical (unpaired) electrons. The molecule has 0 aromatic rings. The first-order valence-electron chi connectivity index (χ1n) is 7.41. The van der Waals surface area contributed by atoms with Gasteiger partial charge in [-0.3, -0.25) is 0 Å². The summed E-state index contributed by atoms with van der Waals surface area (Å²) in [5.74, 6) is -2.68. The van der Waals surface area contributed by atoms with Crippen LogP contribution in [0, 0.1) is 0 Å².